The summed E-state index contributed by atoms with van der Waals surface area (Å²) >= 11 is 0. The fraction of sp³-hybridized carbons (Fsp3) is 0.259. The quantitative estimate of drug-likeness (QED) is 0.180. The van der Waals surface area contributed by atoms with Gasteiger partial charge in [-0.1, -0.05) is 42.5 Å². The minimum absolute atomic E-state index is 0.0705. The van der Waals surface area contributed by atoms with Crippen molar-refractivity contribution in [2.24, 2.45) is 10.8 Å². The van der Waals surface area contributed by atoms with Gasteiger partial charge in [-0.3, -0.25) is 10.2 Å². The number of carbonyl (C=O) groups excluding carboxylic acids is 1. The molecule has 0 saturated carbocycles. The Morgan fingerprint density at radius 1 is 1.09 bits per heavy atom. The predicted octanol–water partition coefficient (Wildman–Crippen LogP) is 2.95. The number of methoxy groups -OCH3 is 1. The Balaban J connectivity index is 1.75. The first-order valence-electron chi connectivity index (χ1n) is 11.4. The number of amides is 1. The second-order valence-electron chi connectivity index (χ2n) is 8.20. The van der Waals surface area contributed by atoms with Crippen molar-refractivity contribution in [3.05, 3.63) is 95.6 Å². The van der Waals surface area contributed by atoms with Gasteiger partial charge in [0, 0.05) is 25.0 Å². The van der Waals surface area contributed by atoms with Crippen LogP contribution in [0.1, 0.15) is 29.2 Å². The number of nitrogens with zero attached hydrogens (tertiary/aromatic N) is 1. The Labute approximate surface area is 204 Å². The summed E-state index contributed by atoms with van der Waals surface area (Å²) in [5.41, 5.74) is 3.33. The van der Waals surface area contributed by atoms with Crippen molar-refractivity contribution in [1.82, 2.24) is 5.43 Å². The Hall–Kier alpha value is -3.88. The van der Waals surface area contributed by atoms with Crippen LogP contribution in [0.4, 0.5) is 0 Å². The number of benzene rings is 3. The van der Waals surface area contributed by atoms with Crippen LogP contribution in [-0.4, -0.2) is 42.8 Å². The first-order valence-corrected chi connectivity index (χ1v) is 11.4. The summed E-state index contributed by atoms with van der Waals surface area (Å²) < 4.78 is 17.4. The minimum Gasteiger partial charge on any atom is -0.497 e. The molecule has 0 fully saturated rings. The lowest BCUT2D eigenvalue weighted by Crippen LogP contribution is -2.52. The number of aliphatic imine (C=N–C) groups is 1. The average molecular weight is 476 g/mol. The van der Waals surface area contributed by atoms with E-state index in [4.69, 9.17) is 30.2 Å². The maximum absolute atomic E-state index is 13.4. The molecule has 0 aromatic heterocycles. The van der Waals surface area contributed by atoms with E-state index in [2.05, 4.69) is 5.43 Å². The molecule has 0 aliphatic carbocycles. The van der Waals surface area contributed by atoms with Gasteiger partial charge in [-0.05, 0) is 47.5 Å². The van der Waals surface area contributed by atoms with Crippen molar-refractivity contribution in [1.29, 1.82) is 0 Å². The molecule has 1 aliphatic rings. The molecule has 0 radical (unpaired) electrons. The standard InChI is InChI=1S/C27H29N3O5/c1-33-23-10-5-9-21(17-23)24-27(26(32)30-28,18-19-7-3-2-4-8-19)29-25(35-24)20-11-13-22(14-12-20)34-16-6-15-31/h2-5,7-14,17,24,31H,6,15-16,18,28H2,1H3,(H,30,32)/t24-,27-/m0/s1. The molecule has 1 aliphatic heterocycles. The smallest absolute Gasteiger partial charge is 0.266 e. The number of aliphatic hydroxyl groups excluding tert-OH is 1. The van der Waals surface area contributed by atoms with E-state index in [1.54, 1.807) is 19.2 Å². The molecular weight excluding hydrogens is 446 g/mol. The number of nitrogens with two attached hydrogens (primary N) is 1. The van der Waals surface area contributed by atoms with Gasteiger partial charge in [0.15, 0.2) is 11.6 Å². The van der Waals surface area contributed by atoms with Crippen LogP contribution in [0.5, 0.6) is 11.5 Å². The SMILES string of the molecule is COc1cccc([C@@H]2OC(c3ccc(OCCCO)cc3)=N[C@]2(Cc2ccccc2)C(=O)NN)c1. The van der Waals surface area contributed by atoms with Gasteiger partial charge in [0.05, 0.1) is 13.7 Å². The maximum Gasteiger partial charge on any atom is 0.266 e. The molecule has 1 amide bonds. The van der Waals surface area contributed by atoms with Crippen LogP contribution in [-0.2, 0) is 16.0 Å². The van der Waals surface area contributed by atoms with Gasteiger partial charge in [-0.2, -0.15) is 0 Å². The van der Waals surface area contributed by atoms with E-state index < -0.39 is 17.6 Å². The second kappa shape index (κ2) is 11.0. The predicted molar refractivity (Wildman–Crippen MR) is 132 cm³/mol. The number of hydrogen-bond acceptors (Lipinski definition) is 7. The molecule has 4 rings (SSSR count). The van der Waals surface area contributed by atoms with E-state index in [9.17, 15) is 4.79 Å². The topological polar surface area (TPSA) is 115 Å². The number of rotatable bonds is 10. The minimum atomic E-state index is -1.34. The van der Waals surface area contributed by atoms with E-state index in [1.165, 1.54) is 0 Å². The van der Waals surface area contributed by atoms with Crippen molar-refractivity contribution >= 4 is 11.8 Å². The zero-order chi connectivity index (χ0) is 24.7. The highest BCUT2D eigenvalue weighted by atomic mass is 16.5. The van der Waals surface area contributed by atoms with Crippen molar-refractivity contribution < 1.29 is 24.1 Å². The van der Waals surface area contributed by atoms with E-state index >= 15 is 0 Å². The van der Waals surface area contributed by atoms with Crippen LogP contribution in [0.3, 0.4) is 0 Å². The number of hydrogen-bond donors (Lipinski definition) is 3. The molecule has 3 aromatic carbocycles. The van der Waals surface area contributed by atoms with Gasteiger partial charge in [-0.25, -0.2) is 10.8 Å². The van der Waals surface area contributed by atoms with Crippen LogP contribution in [0.25, 0.3) is 0 Å². The van der Waals surface area contributed by atoms with Crippen molar-refractivity contribution in [3.63, 3.8) is 0 Å². The monoisotopic (exact) mass is 475 g/mol. The first-order chi connectivity index (χ1) is 17.1. The third kappa shape index (κ3) is 5.29. The lowest BCUT2D eigenvalue weighted by molar-refractivity contribution is -0.129. The summed E-state index contributed by atoms with van der Waals surface area (Å²) in [5, 5.41) is 8.94. The van der Waals surface area contributed by atoms with Crippen LogP contribution in [0, 0.1) is 0 Å². The number of ether oxygens (including phenoxy) is 3. The van der Waals surface area contributed by atoms with Crippen LogP contribution < -0.4 is 20.7 Å². The van der Waals surface area contributed by atoms with Crippen molar-refractivity contribution in [2.75, 3.05) is 20.3 Å². The number of carbonyl (C=O) groups is 1. The van der Waals surface area contributed by atoms with Gasteiger partial charge >= 0.3 is 0 Å². The molecule has 0 unspecified atom stereocenters. The number of hydrazine groups is 1. The Kier molecular flexibility index (Phi) is 7.64. The second-order valence-corrected chi connectivity index (χ2v) is 8.20. The van der Waals surface area contributed by atoms with Crippen LogP contribution in [0.15, 0.2) is 83.9 Å². The molecule has 1 heterocycles. The van der Waals surface area contributed by atoms with Crippen LogP contribution in [0.2, 0.25) is 0 Å². The fourth-order valence-corrected chi connectivity index (χ4v) is 4.12. The zero-order valence-corrected chi connectivity index (χ0v) is 19.5. The highest BCUT2D eigenvalue weighted by molar-refractivity contribution is 6.01. The molecule has 8 nitrogen and oxygen atoms in total. The Morgan fingerprint density at radius 2 is 1.86 bits per heavy atom. The van der Waals surface area contributed by atoms with E-state index in [0.717, 1.165) is 11.1 Å². The third-order valence-electron chi connectivity index (χ3n) is 5.87. The third-order valence-corrected chi connectivity index (χ3v) is 5.87. The number of aliphatic hydroxyl groups is 1. The highest BCUT2D eigenvalue weighted by Gasteiger charge is 2.53. The average Bonchev–Trinajstić information content (AvgIpc) is 3.29. The Bertz CT molecular complexity index is 1170. The van der Waals surface area contributed by atoms with Gasteiger partial charge in [-0.15, -0.1) is 0 Å². The fourth-order valence-electron chi connectivity index (χ4n) is 4.12. The van der Waals surface area contributed by atoms with Crippen molar-refractivity contribution in [3.8, 4) is 11.5 Å². The summed E-state index contributed by atoms with van der Waals surface area (Å²) in [6, 6.07) is 24.3. The van der Waals surface area contributed by atoms with Gasteiger partial charge in [0.1, 0.15) is 11.5 Å². The molecule has 4 N–H and O–H groups in total. The molecule has 0 spiro atoms. The summed E-state index contributed by atoms with van der Waals surface area (Å²) in [6.07, 6.45) is 0.0949. The van der Waals surface area contributed by atoms with Gasteiger partial charge in [0.25, 0.3) is 5.91 Å². The lowest BCUT2D eigenvalue weighted by atomic mass is 9.82. The Morgan fingerprint density at radius 3 is 2.54 bits per heavy atom. The largest absolute Gasteiger partial charge is 0.497 e. The highest BCUT2D eigenvalue weighted by Crippen LogP contribution is 2.43. The molecule has 2 atom stereocenters. The molecule has 0 bridgehead atoms. The zero-order valence-electron chi connectivity index (χ0n) is 19.5. The van der Waals surface area contributed by atoms with E-state index in [-0.39, 0.29) is 13.0 Å². The molecule has 35 heavy (non-hydrogen) atoms. The molecule has 8 heteroatoms. The van der Waals surface area contributed by atoms with Crippen molar-refractivity contribution in [2.45, 2.75) is 24.5 Å². The van der Waals surface area contributed by atoms with E-state index in [0.29, 0.717) is 36.0 Å². The summed E-state index contributed by atoms with van der Waals surface area (Å²) in [7, 11) is 1.59. The summed E-state index contributed by atoms with van der Waals surface area (Å²) in [5.74, 6) is 6.86. The first kappa shape index (κ1) is 24.3. The normalized spacial score (nSPS) is 18.9. The lowest BCUT2D eigenvalue weighted by Gasteiger charge is -2.30. The maximum atomic E-state index is 13.4. The molecule has 0 saturated heterocycles. The van der Waals surface area contributed by atoms with Gasteiger partial charge in [0.2, 0.25) is 5.90 Å². The van der Waals surface area contributed by atoms with Crippen LogP contribution >= 0.6 is 0 Å². The van der Waals surface area contributed by atoms with Gasteiger partial charge < -0.3 is 19.3 Å². The molecule has 3 aromatic rings. The molecule has 182 valence electrons. The summed E-state index contributed by atoms with van der Waals surface area (Å²) in [4.78, 5) is 18.2. The molecular formula is C27H29N3O5. The van der Waals surface area contributed by atoms with E-state index in [1.807, 2.05) is 66.7 Å². The summed E-state index contributed by atoms with van der Waals surface area (Å²) in [6.45, 7) is 0.489. The number of nitrogens with one attached hydrogen (secondary N) is 1.